The van der Waals surface area contributed by atoms with E-state index < -0.39 is 0 Å². The number of aromatic nitrogens is 2. The Hall–Kier alpha value is -1.78. The van der Waals surface area contributed by atoms with E-state index in [2.05, 4.69) is 9.97 Å². The molecular weight excluding hydrogens is 292 g/mol. The third-order valence-electron chi connectivity index (χ3n) is 2.80. The van der Waals surface area contributed by atoms with Gasteiger partial charge in [0, 0.05) is 10.3 Å². The summed E-state index contributed by atoms with van der Waals surface area (Å²) in [5.41, 5.74) is 0.845. The van der Waals surface area contributed by atoms with E-state index in [9.17, 15) is 0 Å². The second-order valence-corrected chi connectivity index (χ2v) is 5.50. The molecule has 0 saturated heterocycles. The Morgan fingerprint density at radius 1 is 1.05 bits per heavy atom. The molecule has 0 unspecified atom stereocenters. The summed E-state index contributed by atoms with van der Waals surface area (Å²) in [7, 11) is 1.65. The summed E-state index contributed by atoms with van der Waals surface area (Å²) in [5.74, 6) is 0.819. The molecule has 100 valence electrons. The maximum Gasteiger partial charge on any atom is 0.224 e. The predicted octanol–water partition coefficient (Wildman–Crippen LogP) is 4.44. The minimum absolute atomic E-state index is 0.258. The van der Waals surface area contributed by atoms with Crippen molar-refractivity contribution in [2.45, 2.75) is 9.92 Å². The lowest BCUT2D eigenvalue weighted by molar-refractivity contribution is 0.413. The number of hydrogen-bond donors (Lipinski definition) is 0. The van der Waals surface area contributed by atoms with Crippen molar-refractivity contribution in [1.82, 2.24) is 9.97 Å². The summed E-state index contributed by atoms with van der Waals surface area (Å²) >= 11 is 7.53. The minimum atomic E-state index is 0.258. The van der Waals surface area contributed by atoms with Crippen molar-refractivity contribution in [1.29, 1.82) is 0 Å². The first kappa shape index (κ1) is 13.2. The van der Waals surface area contributed by atoms with Crippen molar-refractivity contribution in [3.8, 4) is 5.75 Å². The van der Waals surface area contributed by atoms with Gasteiger partial charge in [0.2, 0.25) is 5.28 Å². The number of benzene rings is 2. The van der Waals surface area contributed by atoms with Gasteiger partial charge >= 0.3 is 0 Å². The van der Waals surface area contributed by atoms with E-state index in [1.54, 1.807) is 18.9 Å². The molecule has 20 heavy (non-hydrogen) atoms. The molecule has 1 aromatic heterocycles. The van der Waals surface area contributed by atoms with E-state index in [0.717, 1.165) is 26.6 Å². The van der Waals surface area contributed by atoms with E-state index in [-0.39, 0.29) is 5.28 Å². The average Bonchev–Trinajstić information content (AvgIpc) is 2.47. The second kappa shape index (κ2) is 5.69. The molecule has 0 amide bonds. The lowest BCUT2D eigenvalue weighted by Gasteiger charge is -2.07. The third-order valence-corrected chi connectivity index (χ3v) is 3.96. The zero-order valence-electron chi connectivity index (χ0n) is 10.7. The molecule has 0 radical (unpaired) electrons. The van der Waals surface area contributed by atoms with Crippen molar-refractivity contribution in [3.63, 3.8) is 0 Å². The highest BCUT2D eigenvalue weighted by molar-refractivity contribution is 7.99. The smallest absolute Gasteiger partial charge is 0.224 e. The Morgan fingerprint density at radius 2 is 1.90 bits per heavy atom. The molecule has 3 rings (SSSR count). The van der Waals surface area contributed by atoms with Gasteiger partial charge < -0.3 is 4.74 Å². The van der Waals surface area contributed by atoms with Crippen LogP contribution in [0.5, 0.6) is 5.75 Å². The number of halogens is 1. The van der Waals surface area contributed by atoms with Gasteiger partial charge in [-0.05, 0) is 35.9 Å². The summed E-state index contributed by atoms with van der Waals surface area (Å²) in [6, 6.07) is 15.7. The standard InChI is InChI=1S/C15H11ClN2OS/c1-19-10-5-4-6-11(9-10)20-14-12-7-2-3-8-13(12)17-15(16)18-14/h2-9H,1H3. The molecule has 0 saturated carbocycles. The highest BCUT2D eigenvalue weighted by atomic mass is 35.5. The molecule has 0 aliphatic heterocycles. The van der Waals surface area contributed by atoms with Crippen molar-refractivity contribution >= 4 is 34.3 Å². The normalized spacial score (nSPS) is 10.7. The van der Waals surface area contributed by atoms with Crippen LogP contribution in [0.2, 0.25) is 5.28 Å². The molecule has 0 N–H and O–H groups in total. The molecule has 0 aliphatic rings. The number of para-hydroxylation sites is 1. The van der Waals surface area contributed by atoms with Crippen LogP contribution in [0.25, 0.3) is 10.9 Å². The van der Waals surface area contributed by atoms with Crippen LogP contribution in [0, 0.1) is 0 Å². The number of fused-ring (bicyclic) bond motifs is 1. The molecule has 0 aliphatic carbocycles. The molecular formula is C15H11ClN2OS. The van der Waals surface area contributed by atoms with E-state index in [4.69, 9.17) is 16.3 Å². The maximum atomic E-state index is 5.99. The van der Waals surface area contributed by atoms with Gasteiger partial charge in [-0.1, -0.05) is 36.0 Å². The van der Waals surface area contributed by atoms with E-state index >= 15 is 0 Å². The van der Waals surface area contributed by atoms with Gasteiger partial charge in [0.05, 0.1) is 12.6 Å². The summed E-state index contributed by atoms with van der Waals surface area (Å²) in [6.45, 7) is 0. The van der Waals surface area contributed by atoms with Crippen molar-refractivity contribution in [3.05, 3.63) is 53.8 Å². The molecule has 5 heteroatoms. The molecule has 3 aromatic rings. The lowest BCUT2D eigenvalue weighted by atomic mass is 10.2. The highest BCUT2D eigenvalue weighted by Crippen LogP contribution is 2.33. The molecule has 2 aromatic carbocycles. The molecule has 0 atom stereocenters. The van der Waals surface area contributed by atoms with E-state index in [1.807, 2.05) is 48.5 Å². The van der Waals surface area contributed by atoms with Gasteiger partial charge in [0.1, 0.15) is 10.8 Å². The third kappa shape index (κ3) is 2.71. The number of rotatable bonds is 3. The largest absolute Gasteiger partial charge is 0.497 e. The van der Waals surface area contributed by atoms with Gasteiger partial charge in [0.25, 0.3) is 0 Å². The summed E-state index contributed by atoms with van der Waals surface area (Å²) in [6.07, 6.45) is 0. The first-order valence-electron chi connectivity index (χ1n) is 6.00. The number of nitrogens with zero attached hydrogens (tertiary/aromatic N) is 2. The van der Waals surface area contributed by atoms with Gasteiger partial charge in [-0.25, -0.2) is 9.97 Å². The number of methoxy groups -OCH3 is 1. The van der Waals surface area contributed by atoms with Crippen LogP contribution >= 0.6 is 23.4 Å². The summed E-state index contributed by atoms with van der Waals surface area (Å²) in [4.78, 5) is 9.60. The quantitative estimate of drug-likeness (QED) is 0.529. The van der Waals surface area contributed by atoms with Crippen LogP contribution in [0.4, 0.5) is 0 Å². The average molecular weight is 303 g/mol. The Labute approximate surface area is 126 Å². The lowest BCUT2D eigenvalue weighted by Crippen LogP contribution is -1.89. The fourth-order valence-electron chi connectivity index (χ4n) is 1.87. The Kier molecular flexibility index (Phi) is 3.76. The predicted molar refractivity (Wildman–Crippen MR) is 81.7 cm³/mol. The van der Waals surface area contributed by atoms with E-state index in [0.29, 0.717) is 0 Å². The molecule has 0 spiro atoms. The van der Waals surface area contributed by atoms with Crippen molar-refractivity contribution < 1.29 is 4.74 Å². The molecule has 3 nitrogen and oxygen atoms in total. The molecule has 0 fully saturated rings. The van der Waals surface area contributed by atoms with Crippen LogP contribution in [-0.2, 0) is 0 Å². The first-order valence-corrected chi connectivity index (χ1v) is 7.20. The zero-order chi connectivity index (χ0) is 13.9. The van der Waals surface area contributed by atoms with Gasteiger partial charge in [-0.3, -0.25) is 0 Å². The fraction of sp³-hybridized carbons (Fsp3) is 0.0667. The van der Waals surface area contributed by atoms with Crippen LogP contribution in [-0.4, -0.2) is 17.1 Å². The van der Waals surface area contributed by atoms with Crippen LogP contribution in [0.3, 0.4) is 0 Å². The molecule has 0 bridgehead atoms. The monoisotopic (exact) mass is 302 g/mol. The Morgan fingerprint density at radius 3 is 2.75 bits per heavy atom. The van der Waals surface area contributed by atoms with Gasteiger partial charge in [-0.2, -0.15) is 0 Å². The zero-order valence-corrected chi connectivity index (χ0v) is 12.3. The van der Waals surface area contributed by atoms with Crippen molar-refractivity contribution in [2.24, 2.45) is 0 Å². The van der Waals surface area contributed by atoms with E-state index in [1.165, 1.54) is 0 Å². The van der Waals surface area contributed by atoms with Crippen molar-refractivity contribution in [2.75, 3.05) is 7.11 Å². The maximum absolute atomic E-state index is 5.99. The van der Waals surface area contributed by atoms with Crippen LogP contribution < -0.4 is 4.74 Å². The topological polar surface area (TPSA) is 35.0 Å². The number of hydrogen-bond acceptors (Lipinski definition) is 4. The first-order chi connectivity index (χ1) is 9.76. The van der Waals surface area contributed by atoms with Gasteiger partial charge in [-0.15, -0.1) is 0 Å². The summed E-state index contributed by atoms with van der Waals surface area (Å²) in [5, 5.41) is 2.09. The SMILES string of the molecule is COc1cccc(Sc2nc(Cl)nc3ccccc23)c1. The van der Waals surface area contributed by atoms with Crippen LogP contribution in [0.15, 0.2) is 58.5 Å². The minimum Gasteiger partial charge on any atom is -0.497 e. The van der Waals surface area contributed by atoms with Gasteiger partial charge in [0.15, 0.2) is 0 Å². The highest BCUT2D eigenvalue weighted by Gasteiger charge is 2.08. The van der Waals surface area contributed by atoms with Crippen LogP contribution in [0.1, 0.15) is 0 Å². The Balaban J connectivity index is 2.05. The fourth-order valence-corrected chi connectivity index (χ4v) is 3.06. The number of ether oxygens (including phenoxy) is 1. The second-order valence-electron chi connectivity index (χ2n) is 4.10. The Bertz CT molecular complexity index is 764. The summed E-state index contributed by atoms with van der Waals surface area (Å²) < 4.78 is 5.23. The molecule has 1 heterocycles.